The third kappa shape index (κ3) is 2.52. The topological polar surface area (TPSA) is 39.2 Å². The van der Waals surface area contributed by atoms with Crippen molar-refractivity contribution in [3.63, 3.8) is 0 Å². The molecule has 0 aliphatic heterocycles. The van der Waals surface area contributed by atoms with Crippen LogP contribution in [0.1, 0.15) is 63.6 Å². The number of hydrogen-bond donors (Lipinski definition) is 0. The molecule has 0 saturated carbocycles. The van der Waals surface area contributed by atoms with Crippen molar-refractivity contribution in [3.8, 4) is 5.75 Å². The predicted octanol–water partition coefficient (Wildman–Crippen LogP) is 4.19. The second-order valence-electron chi connectivity index (χ2n) is 7.00. The molecule has 0 N–H and O–H groups in total. The zero-order valence-electron chi connectivity index (χ0n) is 14.4. The first-order chi connectivity index (χ1) is 11.7. The second-order valence-corrected chi connectivity index (χ2v) is 7.00. The summed E-state index contributed by atoms with van der Waals surface area (Å²) in [6.45, 7) is 1.99. The monoisotopic (exact) mass is 321 g/mol. The van der Waals surface area contributed by atoms with Crippen molar-refractivity contribution < 1.29 is 9.53 Å². The van der Waals surface area contributed by atoms with E-state index in [0.717, 1.165) is 42.0 Å². The van der Waals surface area contributed by atoms with E-state index in [1.165, 1.54) is 29.5 Å². The van der Waals surface area contributed by atoms with Crippen molar-refractivity contribution >= 4 is 5.78 Å². The molecule has 1 atom stereocenters. The van der Waals surface area contributed by atoms with Crippen molar-refractivity contribution in [2.45, 2.75) is 51.4 Å². The number of hydrogen-bond acceptors (Lipinski definition) is 3. The van der Waals surface area contributed by atoms with E-state index in [1.807, 2.05) is 19.1 Å². The molecule has 2 aliphatic rings. The van der Waals surface area contributed by atoms with Crippen LogP contribution in [-0.2, 0) is 19.3 Å². The Morgan fingerprint density at radius 3 is 2.62 bits per heavy atom. The van der Waals surface area contributed by atoms with Crippen LogP contribution in [0.2, 0.25) is 0 Å². The minimum Gasteiger partial charge on any atom is -0.496 e. The number of nitrogens with zero attached hydrogens (tertiary/aromatic N) is 1. The summed E-state index contributed by atoms with van der Waals surface area (Å²) in [4.78, 5) is 17.2. The van der Waals surface area contributed by atoms with Gasteiger partial charge in [-0.2, -0.15) is 0 Å². The molecule has 1 heterocycles. The average molecular weight is 321 g/mol. The Hall–Kier alpha value is -2.16. The van der Waals surface area contributed by atoms with Crippen LogP contribution in [0.3, 0.4) is 0 Å². The average Bonchev–Trinajstić information content (AvgIpc) is 2.60. The van der Waals surface area contributed by atoms with Crippen molar-refractivity contribution in [3.05, 3.63) is 57.9 Å². The van der Waals surface area contributed by atoms with E-state index in [2.05, 4.69) is 17.1 Å². The van der Waals surface area contributed by atoms with Gasteiger partial charge in [-0.15, -0.1) is 0 Å². The highest BCUT2D eigenvalue weighted by atomic mass is 16.5. The molecule has 1 aromatic carbocycles. The summed E-state index contributed by atoms with van der Waals surface area (Å²) in [5, 5.41) is 0. The van der Waals surface area contributed by atoms with Crippen molar-refractivity contribution in [1.29, 1.82) is 0 Å². The molecule has 0 radical (unpaired) electrons. The molecule has 0 saturated heterocycles. The Bertz CT molecular complexity index is 810. The van der Waals surface area contributed by atoms with Gasteiger partial charge < -0.3 is 4.74 Å². The van der Waals surface area contributed by atoms with E-state index in [1.54, 1.807) is 7.11 Å². The van der Waals surface area contributed by atoms with Crippen LogP contribution < -0.4 is 4.74 Å². The van der Waals surface area contributed by atoms with E-state index in [-0.39, 0.29) is 11.7 Å². The number of Topliss-reactive ketones (excluding diaryl/α,β-unsaturated/α-hetero) is 1. The fourth-order valence-electron chi connectivity index (χ4n) is 4.32. The van der Waals surface area contributed by atoms with Gasteiger partial charge in [0.1, 0.15) is 5.75 Å². The summed E-state index contributed by atoms with van der Waals surface area (Å²) < 4.78 is 5.57. The molecule has 24 heavy (non-hydrogen) atoms. The summed E-state index contributed by atoms with van der Waals surface area (Å²) >= 11 is 0. The standard InChI is InChI=1S/C21H23NO2/c1-13-7-8-18-19(22-13)11-14(12-20(18)23)15-9-10-21(24-2)17-6-4-3-5-16(15)17/h7-10,14H,3-6,11-12H2,1-2H3. The fraction of sp³-hybridized carbons (Fsp3) is 0.429. The van der Waals surface area contributed by atoms with Gasteiger partial charge in [0.25, 0.3) is 0 Å². The Morgan fingerprint density at radius 2 is 1.83 bits per heavy atom. The molecule has 124 valence electrons. The van der Waals surface area contributed by atoms with Crippen LogP contribution in [-0.4, -0.2) is 17.9 Å². The Labute approximate surface area is 143 Å². The number of benzene rings is 1. The van der Waals surface area contributed by atoms with E-state index >= 15 is 0 Å². The molecule has 3 nitrogen and oxygen atoms in total. The second kappa shape index (κ2) is 6.04. The van der Waals surface area contributed by atoms with Crippen molar-refractivity contribution in [1.82, 2.24) is 4.98 Å². The molecular formula is C21H23NO2. The minimum absolute atomic E-state index is 0.231. The number of fused-ring (bicyclic) bond motifs is 2. The predicted molar refractivity (Wildman–Crippen MR) is 94.0 cm³/mol. The number of rotatable bonds is 2. The van der Waals surface area contributed by atoms with Gasteiger partial charge in [0.2, 0.25) is 0 Å². The lowest BCUT2D eigenvalue weighted by Gasteiger charge is -2.29. The lowest BCUT2D eigenvalue weighted by atomic mass is 9.76. The smallest absolute Gasteiger partial charge is 0.165 e. The first-order valence-electron chi connectivity index (χ1n) is 8.85. The maximum atomic E-state index is 12.6. The molecule has 2 aromatic rings. The van der Waals surface area contributed by atoms with Gasteiger partial charge in [-0.1, -0.05) is 6.07 Å². The minimum atomic E-state index is 0.231. The lowest BCUT2D eigenvalue weighted by molar-refractivity contribution is 0.0963. The molecule has 0 amide bonds. The lowest BCUT2D eigenvalue weighted by Crippen LogP contribution is -2.22. The van der Waals surface area contributed by atoms with Crippen LogP contribution in [0.5, 0.6) is 5.75 Å². The zero-order chi connectivity index (χ0) is 16.7. The van der Waals surface area contributed by atoms with Gasteiger partial charge in [-0.25, -0.2) is 0 Å². The number of methoxy groups -OCH3 is 1. The molecule has 1 aromatic heterocycles. The van der Waals surface area contributed by atoms with E-state index in [9.17, 15) is 4.79 Å². The number of aromatic nitrogens is 1. The van der Waals surface area contributed by atoms with Gasteiger partial charge in [0.05, 0.1) is 12.8 Å². The van der Waals surface area contributed by atoms with Crippen LogP contribution in [0.15, 0.2) is 24.3 Å². The number of ether oxygens (including phenoxy) is 1. The summed E-state index contributed by atoms with van der Waals surface area (Å²) in [5.41, 5.74) is 6.90. The van der Waals surface area contributed by atoms with E-state index in [0.29, 0.717) is 6.42 Å². The Balaban J connectivity index is 1.76. The molecule has 1 unspecified atom stereocenters. The van der Waals surface area contributed by atoms with Gasteiger partial charge >= 0.3 is 0 Å². The van der Waals surface area contributed by atoms with Crippen LogP contribution in [0.25, 0.3) is 0 Å². The third-order valence-electron chi connectivity index (χ3n) is 5.47. The SMILES string of the molecule is COc1ccc(C2CC(=O)c3ccc(C)nc3C2)c2c1CCCC2. The van der Waals surface area contributed by atoms with Gasteiger partial charge in [-0.3, -0.25) is 9.78 Å². The molecule has 2 aliphatic carbocycles. The first kappa shape index (κ1) is 15.4. The van der Waals surface area contributed by atoms with Crippen LogP contribution >= 0.6 is 0 Å². The third-order valence-corrected chi connectivity index (χ3v) is 5.47. The fourth-order valence-corrected chi connectivity index (χ4v) is 4.32. The van der Waals surface area contributed by atoms with Gasteiger partial charge in [-0.05, 0) is 79.8 Å². The molecule has 0 fully saturated rings. The van der Waals surface area contributed by atoms with Gasteiger partial charge in [0.15, 0.2) is 5.78 Å². The van der Waals surface area contributed by atoms with E-state index in [4.69, 9.17) is 4.74 Å². The largest absolute Gasteiger partial charge is 0.496 e. The highest BCUT2D eigenvalue weighted by Crippen LogP contribution is 2.39. The number of aryl methyl sites for hydroxylation is 1. The summed E-state index contributed by atoms with van der Waals surface area (Å²) in [6.07, 6.45) is 6.08. The van der Waals surface area contributed by atoms with Crippen molar-refractivity contribution in [2.75, 3.05) is 7.11 Å². The number of pyridine rings is 1. The van der Waals surface area contributed by atoms with Crippen LogP contribution in [0, 0.1) is 6.92 Å². The van der Waals surface area contributed by atoms with Crippen molar-refractivity contribution in [2.24, 2.45) is 0 Å². The number of carbonyl (C=O) groups excluding carboxylic acids is 1. The first-order valence-corrected chi connectivity index (χ1v) is 8.85. The highest BCUT2D eigenvalue weighted by molar-refractivity contribution is 5.98. The normalized spacial score (nSPS) is 19.6. The quantitative estimate of drug-likeness (QED) is 0.832. The molecule has 0 bridgehead atoms. The molecular weight excluding hydrogens is 298 g/mol. The number of carbonyl (C=O) groups is 1. The highest BCUT2D eigenvalue weighted by Gasteiger charge is 2.30. The summed E-state index contributed by atoms with van der Waals surface area (Å²) in [7, 11) is 1.75. The Kier molecular flexibility index (Phi) is 3.87. The van der Waals surface area contributed by atoms with Crippen LogP contribution in [0.4, 0.5) is 0 Å². The summed E-state index contributed by atoms with van der Waals surface area (Å²) in [6, 6.07) is 8.15. The molecule has 0 spiro atoms. The maximum absolute atomic E-state index is 12.6. The molecule has 3 heteroatoms. The zero-order valence-corrected chi connectivity index (χ0v) is 14.4. The van der Waals surface area contributed by atoms with Gasteiger partial charge in [0, 0.05) is 17.7 Å². The summed E-state index contributed by atoms with van der Waals surface area (Å²) in [5.74, 6) is 1.48. The van der Waals surface area contributed by atoms with E-state index < -0.39 is 0 Å². The Morgan fingerprint density at radius 1 is 1.04 bits per heavy atom. The molecule has 4 rings (SSSR count). The maximum Gasteiger partial charge on any atom is 0.165 e. The number of ketones is 1.